The van der Waals surface area contributed by atoms with E-state index in [0.29, 0.717) is 12.5 Å². The number of hydrogen-bond donors (Lipinski definition) is 2. The summed E-state index contributed by atoms with van der Waals surface area (Å²) in [5.74, 6) is 0.817. The predicted molar refractivity (Wildman–Crippen MR) is 110 cm³/mol. The molecule has 0 aliphatic rings. The van der Waals surface area contributed by atoms with E-state index in [9.17, 15) is 5.11 Å². The first kappa shape index (κ1) is 17.7. The first-order valence-electron chi connectivity index (χ1n) is 9.12. The van der Waals surface area contributed by atoms with Crippen molar-refractivity contribution in [3.05, 3.63) is 79.0 Å². The molecule has 2 N–H and O–H groups in total. The topological polar surface area (TPSA) is 75.9 Å². The molecule has 4 aromatic rings. The Kier molecular flexibility index (Phi) is 5.01. The number of phenols is 1. The highest BCUT2D eigenvalue weighted by molar-refractivity contribution is 5.81. The van der Waals surface area contributed by atoms with Crippen LogP contribution in [0.5, 0.6) is 5.75 Å². The number of benzene rings is 2. The van der Waals surface area contributed by atoms with E-state index in [4.69, 9.17) is 4.98 Å². The van der Waals surface area contributed by atoms with Crippen molar-refractivity contribution >= 4 is 5.95 Å². The number of aryl methyl sites for hydroxylation is 1. The van der Waals surface area contributed by atoms with Crippen LogP contribution < -0.4 is 5.32 Å². The quantitative estimate of drug-likeness (QED) is 0.533. The van der Waals surface area contributed by atoms with Crippen LogP contribution in [0.4, 0.5) is 5.95 Å². The number of hydrogen-bond acceptors (Lipinski definition) is 5. The summed E-state index contributed by atoms with van der Waals surface area (Å²) in [6.45, 7) is 3.54. The highest BCUT2D eigenvalue weighted by Gasteiger charge is 2.12. The Morgan fingerprint density at radius 3 is 2.46 bits per heavy atom. The van der Waals surface area contributed by atoms with E-state index in [-0.39, 0.29) is 5.75 Å². The fourth-order valence-electron chi connectivity index (χ4n) is 2.97. The monoisotopic (exact) mass is 371 g/mol. The average molecular weight is 371 g/mol. The third-order valence-electron chi connectivity index (χ3n) is 4.50. The summed E-state index contributed by atoms with van der Waals surface area (Å²) in [6, 6.07) is 15.4. The Labute approximate surface area is 163 Å². The van der Waals surface area contributed by atoms with Crippen LogP contribution in [-0.4, -0.2) is 31.2 Å². The Hall–Kier alpha value is -3.67. The van der Waals surface area contributed by atoms with E-state index in [1.807, 2.05) is 29.1 Å². The van der Waals surface area contributed by atoms with Crippen LogP contribution in [0, 0.1) is 6.92 Å². The molecule has 140 valence electrons. The smallest absolute Gasteiger partial charge is 0.223 e. The van der Waals surface area contributed by atoms with Crippen LogP contribution >= 0.6 is 0 Å². The molecule has 0 aliphatic carbocycles. The second-order valence-electron chi connectivity index (χ2n) is 6.60. The number of imidazole rings is 1. The van der Waals surface area contributed by atoms with Crippen LogP contribution in [0.15, 0.2) is 73.4 Å². The van der Waals surface area contributed by atoms with Gasteiger partial charge in [-0.2, -0.15) is 0 Å². The van der Waals surface area contributed by atoms with Gasteiger partial charge in [0, 0.05) is 42.8 Å². The molecule has 2 heterocycles. The third kappa shape index (κ3) is 4.01. The molecular weight excluding hydrogens is 350 g/mol. The molecule has 6 heteroatoms. The molecule has 0 radical (unpaired) electrons. The Morgan fingerprint density at radius 2 is 1.75 bits per heavy atom. The van der Waals surface area contributed by atoms with E-state index < -0.39 is 0 Å². The molecule has 6 nitrogen and oxygen atoms in total. The van der Waals surface area contributed by atoms with E-state index in [1.165, 1.54) is 5.56 Å². The van der Waals surface area contributed by atoms with Crippen LogP contribution in [0.2, 0.25) is 0 Å². The Bertz CT molecular complexity index is 1040. The van der Waals surface area contributed by atoms with E-state index in [2.05, 4.69) is 46.5 Å². The van der Waals surface area contributed by atoms with Crippen LogP contribution in [0.1, 0.15) is 5.56 Å². The number of phenolic OH excluding ortho intramolecular Hbond substituents is 1. The van der Waals surface area contributed by atoms with Gasteiger partial charge in [0.2, 0.25) is 5.95 Å². The molecule has 2 aromatic carbocycles. The van der Waals surface area contributed by atoms with Gasteiger partial charge in [-0.3, -0.25) is 0 Å². The molecule has 0 saturated carbocycles. The predicted octanol–water partition coefficient (Wildman–Crippen LogP) is 4.13. The lowest BCUT2D eigenvalue weighted by atomic mass is 10.00. The normalized spacial score (nSPS) is 10.8. The molecule has 2 aromatic heterocycles. The summed E-state index contributed by atoms with van der Waals surface area (Å²) in [6.07, 6.45) is 7.30. The van der Waals surface area contributed by atoms with Gasteiger partial charge in [-0.25, -0.2) is 15.0 Å². The van der Waals surface area contributed by atoms with Crippen molar-refractivity contribution in [3.63, 3.8) is 0 Å². The summed E-state index contributed by atoms with van der Waals surface area (Å²) < 4.78 is 2.00. The number of nitrogens with zero attached hydrogens (tertiary/aromatic N) is 4. The summed E-state index contributed by atoms with van der Waals surface area (Å²) in [7, 11) is 0. The van der Waals surface area contributed by atoms with Crippen molar-refractivity contribution in [2.24, 2.45) is 0 Å². The summed E-state index contributed by atoms with van der Waals surface area (Å²) in [4.78, 5) is 13.3. The molecule has 4 rings (SSSR count). The lowest BCUT2D eigenvalue weighted by Gasteiger charge is -2.12. The summed E-state index contributed by atoms with van der Waals surface area (Å²) in [5, 5.41) is 12.9. The average Bonchev–Trinajstić information content (AvgIpc) is 3.23. The number of aromatic nitrogens is 4. The summed E-state index contributed by atoms with van der Waals surface area (Å²) >= 11 is 0. The molecular formula is C22H21N5O. The number of aromatic hydroxyl groups is 1. The largest absolute Gasteiger partial charge is 0.508 e. The fraction of sp³-hybridized carbons (Fsp3) is 0.136. The van der Waals surface area contributed by atoms with Gasteiger partial charge in [0.25, 0.3) is 0 Å². The second-order valence-corrected chi connectivity index (χ2v) is 6.60. The maximum Gasteiger partial charge on any atom is 0.223 e. The fourth-order valence-corrected chi connectivity index (χ4v) is 2.97. The van der Waals surface area contributed by atoms with Gasteiger partial charge in [-0.1, -0.05) is 42.0 Å². The van der Waals surface area contributed by atoms with Gasteiger partial charge >= 0.3 is 0 Å². The van der Waals surface area contributed by atoms with Gasteiger partial charge in [0.15, 0.2) is 0 Å². The van der Waals surface area contributed by atoms with Crippen LogP contribution in [0.25, 0.3) is 22.4 Å². The first-order valence-corrected chi connectivity index (χ1v) is 9.12. The van der Waals surface area contributed by atoms with Crippen molar-refractivity contribution < 1.29 is 5.11 Å². The van der Waals surface area contributed by atoms with Crippen LogP contribution in [-0.2, 0) is 6.54 Å². The maximum atomic E-state index is 9.59. The molecule has 0 saturated heterocycles. The van der Waals surface area contributed by atoms with Gasteiger partial charge in [-0.15, -0.1) is 0 Å². The minimum atomic E-state index is 0.236. The molecule has 0 atom stereocenters. The number of anilines is 1. The SMILES string of the molecule is Cc1ccc(-c2nc(NCCn3ccnc3)ncc2-c2ccc(O)cc2)cc1. The molecule has 0 bridgehead atoms. The molecule has 0 unspecified atom stereocenters. The lowest BCUT2D eigenvalue weighted by Crippen LogP contribution is -2.11. The molecule has 0 spiro atoms. The zero-order chi connectivity index (χ0) is 19.3. The zero-order valence-electron chi connectivity index (χ0n) is 15.6. The minimum absolute atomic E-state index is 0.236. The van der Waals surface area contributed by atoms with Crippen LogP contribution in [0.3, 0.4) is 0 Å². The van der Waals surface area contributed by atoms with E-state index in [0.717, 1.165) is 28.9 Å². The van der Waals surface area contributed by atoms with Gasteiger partial charge in [-0.05, 0) is 24.6 Å². The Balaban J connectivity index is 1.65. The van der Waals surface area contributed by atoms with Gasteiger partial charge < -0.3 is 15.0 Å². The van der Waals surface area contributed by atoms with Crippen molar-refractivity contribution in [2.75, 3.05) is 11.9 Å². The van der Waals surface area contributed by atoms with Crippen molar-refractivity contribution in [2.45, 2.75) is 13.5 Å². The van der Waals surface area contributed by atoms with E-state index in [1.54, 1.807) is 24.7 Å². The maximum absolute atomic E-state index is 9.59. The Morgan fingerprint density at radius 1 is 1.00 bits per heavy atom. The third-order valence-corrected chi connectivity index (χ3v) is 4.50. The molecule has 0 fully saturated rings. The van der Waals surface area contributed by atoms with Gasteiger partial charge in [0.05, 0.1) is 12.0 Å². The summed E-state index contributed by atoms with van der Waals surface area (Å²) in [5.41, 5.74) is 4.95. The number of rotatable bonds is 6. The highest BCUT2D eigenvalue weighted by Crippen LogP contribution is 2.31. The molecule has 0 amide bonds. The standard InChI is InChI=1S/C22H21N5O/c1-16-2-4-18(5-3-16)21-20(17-6-8-19(28)9-7-17)14-25-22(26-21)24-11-13-27-12-10-23-15-27/h2-10,12,14-15,28H,11,13H2,1H3,(H,24,25,26). The molecule has 28 heavy (non-hydrogen) atoms. The van der Waals surface area contributed by atoms with Crippen molar-refractivity contribution in [1.29, 1.82) is 0 Å². The molecule has 0 aliphatic heterocycles. The second kappa shape index (κ2) is 7.92. The number of nitrogens with one attached hydrogen (secondary N) is 1. The lowest BCUT2D eigenvalue weighted by molar-refractivity contribution is 0.475. The minimum Gasteiger partial charge on any atom is -0.508 e. The zero-order valence-corrected chi connectivity index (χ0v) is 15.6. The van der Waals surface area contributed by atoms with E-state index >= 15 is 0 Å². The first-order chi connectivity index (χ1) is 13.7. The van der Waals surface area contributed by atoms with Gasteiger partial charge in [0.1, 0.15) is 5.75 Å². The highest BCUT2D eigenvalue weighted by atomic mass is 16.3. The van der Waals surface area contributed by atoms with Crippen molar-refractivity contribution in [3.8, 4) is 28.1 Å². The van der Waals surface area contributed by atoms with Crippen molar-refractivity contribution in [1.82, 2.24) is 19.5 Å².